The molecule has 0 bridgehead atoms. The molecule has 4 rings (SSSR count). The van der Waals surface area contributed by atoms with E-state index in [0.29, 0.717) is 51.6 Å². The van der Waals surface area contributed by atoms with Crippen LogP contribution in [-0.4, -0.2) is 32.5 Å². The number of ether oxygens (including phenoxy) is 1. The highest BCUT2D eigenvalue weighted by atomic mass is 16.5. The average Bonchev–Trinajstić information content (AvgIpc) is 3.16. The van der Waals surface area contributed by atoms with Gasteiger partial charge >= 0.3 is 0 Å². The van der Waals surface area contributed by atoms with Crippen LogP contribution >= 0.6 is 0 Å². The summed E-state index contributed by atoms with van der Waals surface area (Å²) in [5.74, 6) is 1.00. The SMILES string of the molecule is COc1cc2c(cc1C(C(C)=O)=C(C)N)ncc1nnc(Cc3ccccc3C#N)n12. The van der Waals surface area contributed by atoms with Crippen molar-refractivity contribution in [2.24, 2.45) is 5.73 Å². The number of rotatable bonds is 5. The highest BCUT2D eigenvalue weighted by molar-refractivity contribution is 6.21. The standard InChI is InChI=1S/C23H20N6O2/c1-13(25)23(14(2)30)17-9-18-19(10-20(17)31-3)29-21(27-28-22(29)12-26-18)8-15-6-4-5-7-16(15)11-24/h4-7,9-10,12H,8,25H2,1-3H3. The van der Waals surface area contributed by atoms with Gasteiger partial charge in [-0.1, -0.05) is 18.2 Å². The van der Waals surface area contributed by atoms with Gasteiger partial charge in [0.05, 0.1) is 36.0 Å². The average molecular weight is 412 g/mol. The fourth-order valence-corrected chi connectivity index (χ4v) is 3.76. The van der Waals surface area contributed by atoms with Gasteiger partial charge in [-0.25, -0.2) is 0 Å². The highest BCUT2D eigenvalue weighted by Crippen LogP contribution is 2.32. The molecule has 0 saturated carbocycles. The number of aromatic nitrogens is 4. The van der Waals surface area contributed by atoms with Crippen LogP contribution in [0, 0.1) is 11.3 Å². The molecule has 0 unspecified atom stereocenters. The minimum atomic E-state index is -0.156. The number of benzene rings is 2. The van der Waals surface area contributed by atoms with E-state index in [1.54, 1.807) is 31.3 Å². The van der Waals surface area contributed by atoms with Gasteiger partial charge in [0.1, 0.15) is 11.6 Å². The lowest BCUT2D eigenvalue weighted by molar-refractivity contribution is -0.111. The number of Topliss-reactive ketones (excluding diaryl/α,β-unsaturated/α-hetero) is 1. The third-order valence-electron chi connectivity index (χ3n) is 5.11. The van der Waals surface area contributed by atoms with Gasteiger partial charge in [0.25, 0.3) is 0 Å². The van der Waals surface area contributed by atoms with E-state index in [9.17, 15) is 10.1 Å². The molecule has 0 aliphatic rings. The van der Waals surface area contributed by atoms with Gasteiger partial charge in [-0.05, 0) is 31.5 Å². The second kappa shape index (κ2) is 7.88. The van der Waals surface area contributed by atoms with Gasteiger partial charge in [0.2, 0.25) is 0 Å². The predicted molar refractivity (Wildman–Crippen MR) is 116 cm³/mol. The molecule has 31 heavy (non-hydrogen) atoms. The number of allylic oxidation sites excluding steroid dienone is 2. The van der Waals surface area contributed by atoms with Gasteiger partial charge in [-0.3, -0.25) is 14.2 Å². The minimum absolute atomic E-state index is 0.156. The largest absolute Gasteiger partial charge is 0.496 e. The Kier molecular flexibility index (Phi) is 5.09. The van der Waals surface area contributed by atoms with Crippen molar-refractivity contribution in [3.05, 3.63) is 70.8 Å². The first-order valence-electron chi connectivity index (χ1n) is 9.61. The smallest absolute Gasteiger partial charge is 0.179 e. The van der Waals surface area contributed by atoms with Gasteiger partial charge in [-0.2, -0.15) is 5.26 Å². The number of nitrogens with zero attached hydrogens (tertiary/aromatic N) is 5. The number of carbonyl (C=O) groups excluding carboxylic acids is 1. The number of nitrogens with two attached hydrogens (primary N) is 1. The predicted octanol–water partition coefficient (Wildman–Crippen LogP) is 3.03. The second-order valence-corrected chi connectivity index (χ2v) is 7.17. The summed E-state index contributed by atoms with van der Waals surface area (Å²) in [6.07, 6.45) is 2.05. The monoisotopic (exact) mass is 412 g/mol. The lowest BCUT2D eigenvalue weighted by Gasteiger charge is -2.14. The topological polar surface area (TPSA) is 119 Å². The van der Waals surface area contributed by atoms with E-state index in [0.717, 1.165) is 11.1 Å². The van der Waals surface area contributed by atoms with Crippen molar-refractivity contribution in [3.63, 3.8) is 0 Å². The number of fused-ring (bicyclic) bond motifs is 3. The number of hydrogen-bond donors (Lipinski definition) is 1. The molecule has 0 aliphatic carbocycles. The van der Waals surface area contributed by atoms with Crippen molar-refractivity contribution in [3.8, 4) is 11.8 Å². The maximum atomic E-state index is 12.2. The van der Waals surface area contributed by atoms with Gasteiger partial charge in [0.15, 0.2) is 11.4 Å². The van der Waals surface area contributed by atoms with Crippen LogP contribution in [0.4, 0.5) is 0 Å². The van der Waals surface area contributed by atoms with Crippen molar-refractivity contribution in [2.75, 3.05) is 7.11 Å². The summed E-state index contributed by atoms with van der Waals surface area (Å²) in [5, 5.41) is 18.0. The summed E-state index contributed by atoms with van der Waals surface area (Å²) in [5.41, 5.74) is 10.7. The Morgan fingerprint density at radius 3 is 2.68 bits per heavy atom. The quantitative estimate of drug-likeness (QED) is 0.500. The summed E-state index contributed by atoms with van der Waals surface area (Å²) >= 11 is 0. The van der Waals surface area contributed by atoms with Crippen LogP contribution in [0.15, 0.2) is 48.3 Å². The normalized spacial score (nSPS) is 11.9. The third kappa shape index (κ3) is 3.46. The first-order chi connectivity index (χ1) is 14.9. The number of ketones is 1. The molecule has 0 amide bonds. The van der Waals surface area contributed by atoms with Crippen LogP contribution in [0.5, 0.6) is 5.75 Å². The zero-order chi connectivity index (χ0) is 22.1. The Hall–Kier alpha value is -4.25. The number of hydrogen-bond acceptors (Lipinski definition) is 7. The Morgan fingerprint density at radius 1 is 1.23 bits per heavy atom. The zero-order valence-electron chi connectivity index (χ0n) is 17.4. The molecule has 0 aliphatic heterocycles. The van der Waals surface area contributed by atoms with E-state index in [1.165, 1.54) is 14.0 Å². The molecule has 2 heterocycles. The molecule has 2 N–H and O–H groups in total. The molecule has 0 fully saturated rings. The van der Waals surface area contributed by atoms with Crippen molar-refractivity contribution in [1.29, 1.82) is 5.26 Å². The van der Waals surface area contributed by atoms with Crippen molar-refractivity contribution < 1.29 is 9.53 Å². The van der Waals surface area contributed by atoms with E-state index in [2.05, 4.69) is 21.3 Å². The third-order valence-corrected chi connectivity index (χ3v) is 5.11. The summed E-state index contributed by atoms with van der Waals surface area (Å²) in [4.78, 5) is 16.7. The Bertz CT molecular complexity index is 1410. The molecular weight excluding hydrogens is 392 g/mol. The van der Waals surface area contributed by atoms with Crippen LogP contribution in [-0.2, 0) is 11.2 Å². The molecule has 0 atom stereocenters. The van der Waals surface area contributed by atoms with Crippen LogP contribution in [0.1, 0.15) is 36.4 Å². The fraction of sp³-hybridized carbons (Fsp3) is 0.174. The van der Waals surface area contributed by atoms with Crippen molar-refractivity contribution in [1.82, 2.24) is 19.6 Å². The van der Waals surface area contributed by atoms with E-state index in [-0.39, 0.29) is 5.78 Å². The lowest BCUT2D eigenvalue weighted by atomic mass is 9.98. The Labute approximate surface area is 178 Å². The van der Waals surface area contributed by atoms with E-state index in [4.69, 9.17) is 10.5 Å². The molecule has 0 saturated heterocycles. The van der Waals surface area contributed by atoms with E-state index in [1.807, 2.05) is 22.6 Å². The van der Waals surface area contributed by atoms with Crippen LogP contribution < -0.4 is 10.5 Å². The second-order valence-electron chi connectivity index (χ2n) is 7.17. The minimum Gasteiger partial charge on any atom is -0.496 e. The van der Waals surface area contributed by atoms with Crippen LogP contribution in [0.25, 0.3) is 22.3 Å². The number of carbonyl (C=O) groups is 1. The molecular formula is C23H20N6O2. The first-order valence-corrected chi connectivity index (χ1v) is 9.61. The molecule has 8 nitrogen and oxygen atoms in total. The van der Waals surface area contributed by atoms with E-state index < -0.39 is 0 Å². The zero-order valence-corrected chi connectivity index (χ0v) is 17.4. The van der Waals surface area contributed by atoms with Gasteiger partial charge in [-0.15, -0.1) is 10.2 Å². The number of nitriles is 1. The molecule has 8 heteroatoms. The molecule has 2 aromatic carbocycles. The first kappa shape index (κ1) is 20.0. The summed E-state index contributed by atoms with van der Waals surface area (Å²) in [6.45, 7) is 3.15. The maximum absolute atomic E-state index is 12.2. The fourth-order valence-electron chi connectivity index (χ4n) is 3.76. The summed E-state index contributed by atoms with van der Waals surface area (Å²) in [6, 6.07) is 13.2. The highest BCUT2D eigenvalue weighted by Gasteiger charge is 2.19. The van der Waals surface area contributed by atoms with Gasteiger partial charge in [0, 0.05) is 29.3 Å². The summed E-state index contributed by atoms with van der Waals surface area (Å²) in [7, 11) is 1.54. The lowest BCUT2D eigenvalue weighted by Crippen LogP contribution is -2.07. The van der Waals surface area contributed by atoms with Crippen LogP contribution in [0.3, 0.4) is 0 Å². The molecule has 4 aromatic rings. The number of methoxy groups -OCH3 is 1. The molecule has 0 spiro atoms. The van der Waals surface area contributed by atoms with E-state index >= 15 is 0 Å². The Balaban J connectivity index is 1.96. The van der Waals surface area contributed by atoms with Crippen molar-refractivity contribution in [2.45, 2.75) is 20.3 Å². The molecule has 154 valence electrons. The molecule has 0 radical (unpaired) electrons. The summed E-state index contributed by atoms with van der Waals surface area (Å²) < 4.78 is 7.47. The van der Waals surface area contributed by atoms with Gasteiger partial charge < -0.3 is 10.5 Å². The maximum Gasteiger partial charge on any atom is 0.179 e. The Morgan fingerprint density at radius 2 is 2.00 bits per heavy atom. The molecule has 2 aromatic heterocycles. The van der Waals surface area contributed by atoms with Crippen LogP contribution in [0.2, 0.25) is 0 Å². The van der Waals surface area contributed by atoms with Crippen molar-refractivity contribution >= 4 is 28.0 Å².